The first-order valence-corrected chi connectivity index (χ1v) is 10.6. The number of nitrogens with zero attached hydrogens (tertiary/aromatic N) is 5. The van der Waals surface area contributed by atoms with Gasteiger partial charge in [0.05, 0.1) is 0 Å². The summed E-state index contributed by atoms with van der Waals surface area (Å²) in [4.78, 5) is 7.41. The van der Waals surface area contributed by atoms with E-state index in [1.807, 2.05) is 6.33 Å². The molecule has 0 radical (unpaired) electrons. The Bertz CT molecular complexity index is 735. The normalized spacial score (nSPS) is 19.7. The number of likely N-dealkylation sites (tertiary alicyclic amines) is 1. The van der Waals surface area contributed by atoms with Crippen molar-refractivity contribution in [2.75, 3.05) is 26.2 Å². The molecule has 7 heteroatoms. The van der Waals surface area contributed by atoms with Crippen LogP contribution in [0.15, 0.2) is 41.7 Å². The first kappa shape index (κ1) is 23.6. The molecular formula is C22H35IN6. The molecule has 1 saturated heterocycles. The van der Waals surface area contributed by atoms with Crippen LogP contribution in [0.4, 0.5) is 0 Å². The second-order valence-electron chi connectivity index (χ2n) is 8.01. The Balaban J connectivity index is 0.00000300. The highest BCUT2D eigenvalue weighted by molar-refractivity contribution is 14.0. The average molecular weight is 510 g/mol. The first-order chi connectivity index (χ1) is 13.7. The van der Waals surface area contributed by atoms with E-state index in [1.165, 1.54) is 12.0 Å². The molecule has 0 saturated carbocycles. The number of nitrogens with one attached hydrogen (secondary N) is 1. The van der Waals surface area contributed by atoms with Gasteiger partial charge >= 0.3 is 0 Å². The maximum Gasteiger partial charge on any atom is 0.194 e. The third-order valence-electron chi connectivity index (χ3n) is 5.32. The average Bonchev–Trinajstić information content (AvgIpc) is 3.14. The molecule has 1 aromatic heterocycles. The maximum absolute atomic E-state index is 4.96. The van der Waals surface area contributed by atoms with Crippen molar-refractivity contribution < 1.29 is 0 Å². The number of hydrogen-bond donors (Lipinski definition) is 1. The highest BCUT2D eigenvalue weighted by atomic mass is 127. The number of benzene rings is 1. The van der Waals surface area contributed by atoms with Crippen molar-refractivity contribution >= 4 is 29.9 Å². The van der Waals surface area contributed by atoms with E-state index in [0.717, 1.165) is 57.3 Å². The van der Waals surface area contributed by atoms with Crippen LogP contribution in [0, 0.1) is 11.8 Å². The van der Waals surface area contributed by atoms with Crippen LogP contribution in [0.2, 0.25) is 0 Å². The van der Waals surface area contributed by atoms with E-state index < -0.39 is 0 Å². The van der Waals surface area contributed by atoms with Gasteiger partial charge < -0.3 is 14.8 Å². The zero-order chi connectivity index (χ0) is 19.8. The predicted octanol–water partition coefficient (Wildman–Crippen LogP) is 3.62. The number of rotatable bonds is 7. The Morgan fingerprint density at radius 2 is 1.90 bits per heavy atom. The summed E-state index contributed by atoms with van der Waals surface area (Å²) < 4.78 is 2.12. The monoisotopic (exact) mass is 510 g/mol. The summed E-state index contributed by atoms with van der Waals surface area (Å²) in [5, 5.41) is 11.8. The lowest BCUT2D eigenvalue weighted by Crippen LogP contribution is -2.49. The molecule has 0 aliphatic carbocycles. The van der Waals surface area contributed by atoms with Crippen molar-refractivity contribution in [2.45, 2.75) is 46.6 Å². The first-order valence-electron chi connectivity index (χ1n) is 10.6. The number of aliphatic imine (C=N–C) groups is 1. The van der Waals surface area contributed by atoms with Gasteiger partial charge in [0, 0.05) is 39.1 Å². The summed E-state index contributed by atoms with van der Waals surface area (Å²) in [5.41, 5.74) is 1.34. The Labute approximate surface area is 192 Å². The van der Waals surface area contributed by atoms with E-state index in [9.17, 15) is 0 Å². The van der Waals surface area contributed by atoms with Gasteiger partial charge in [0.2, 0.25) is 0 Å². The number of aromatic nitrogens is 3. The van der Waals surface area contributed by atoms with Gasteiger partial charge in [-0.25, -0.2) is 0 Å². The van der Waals surface area contributed by atoms with Crippen LogP contribution in [-0.4, -0.2) is 51.8 Å². The minimum atomic E-state index is 0. The van der Waals surface area contributed by atoms with E-state index in [2.05, 4.69) is 76.1 Å². The van der Waals surface area contributed by atoms with Crippen LogP contribution in [0.1, 0.15) is 38.6 Å². The molecule has 0 bridgehead atoms. The van der Waals surface area contributed by atoms with E-state index in [4.69, 9.17) is 4.99 Å². The van der Waals surface area contributed by atoms with Crippen LogP contribution >= 0.6 is 24.0 Å². The molecule has 2 heterocycles. The van der Waals surface area contributed by atoms with Crippen molar-refractivity contribution in [1.29, 1.82) is 0 Å². The zero-order valence-electron chi connectivity index (χ0n) is 17.9. The fourth-order valence-corrected chi connectivity index (χ4v) is 4.07. The summed E-state index contributed by atoms with van der Waals surface area (Å²) in [6.45, 7) is 11.4. The Morgan fingerprint density at radius 1 is 1.17 bits per heavy atom. The van der Waals surface area contributed by atoms with Crippen LogP contribution in [0.25, 0.3) is 0 Å². The van der Waals surface area contributed by atoms with Gasteiger partial charge in [0.25, 0.3) is 0 Å². The summed E-state index contributed by atoms with van der Waals surface area (Å²) in [6, 6.07) is 10.6. The van der Waals surface area contributed by atoms with Crippen LogP contribution in [0.5, 0.6) is 0 Å². The van der Waals surface area contributed by atoms with E-state index in [1.54, 1.807) is 0 Å². The predicted molar refractivity (Wildman–Crippen MR) is 130 cm³/mol. The largest absolute Gasteiger partial charge is 0.354 e. The Kier molecular flexibility index (Phi) is 9.90. The standard InChI is InChI=1S/C22H34N6.HI/c1-4-21-26-25-17-27(21)13-12-24-22(28-15-18(2)14-19(3)16-28)23-11-10-20-8-6-5-7-9-20;/h5-9,17-19H,4,10-16H2,1-3H3,(H,23,24);1H. The molecule has 6 nitrogen and oxygen atoms in total. The second-order valence-corrected chi connectivity index (χ2v) is 8.01. The smallest absolute Gasteiger partial charge is 0.194 e. The van der Waals surface area contributed by atoms with E-state index in [0.29, 0.717) is 11.8 Å². The molecule has 2 aromatic rings. The summed E-state index contributed by atoms with van der Waals surface area (Å²) in [7, 11) is 0. The van der Waals surface area contributed by atoms with Gasteiger partial charge in [-0.15, -0.1) is 34.2 Å². The molecule has 1 fully saturated rings. The van der Waals surface area contributed by atoms with Gasteiger partial charge in [0.1, 0.15) is 12.2 Å². The summed E-state index contributed by atoms with van der Waals surface area (Å²) in [6.07, 6.45) is 4.99. The van der Waals surface area contributed by atoms with Crippen molar-refractivity contribution in [2.24, 2.45) is 16.8 Å². The molecule has 0 amide bonds. The molecule has 160 valence electrons. The molecule has 29 heavy (non-hydrogen) atoms. The van der Waals surface area contributed by atoms with Gasteiger partial charge in [-0.05, 0) is 30.2 Å². The molecule has 2 unspecified atom stereocenters. The number of piperidine rings is 1. The molecule has 3 rings (SSSR count). The SMILES string of the molecule is CCc1nncn1CCNC(=NCCc1ccccc1)N1CC(C)CC(C)C1.I. The second kappa shape index (κ2) is 12.1. The minimum Gasteiger partial charge on any atom is -0.354 e. The van der Waals surface area contributed by atoms with Gasteiger partial charge in [-0.1, -0.05) is 51.1 Å². The molecular weight excluding hydrogens is 475 g/mol. The molecule has 0 spiro atoms. The topological polar surface area (TPSA) is 58.3 Å². The zero-order valence-corrected chi connectivity index (χ0v) is 20.3. The molecule has 2 atom stereocenters. The van der Waals surface area contributed by atoms with Crippen LogP contribution in [0.3, 0.4) is 0 Å². The lowest BCUT2D eigenvalue weighted by atomic mass is 9.92. The third kappa shape index (κ3) is 7.28. The number of guanidine groups is 1. The van der Waals surface area contributed by atoms with Gasteiger partial charge in [-0.3, -0.25) is 4.99 Å². The van der Waals surface area contributed by atoms with Crippen molar-refractivity contribution in [1.82, 2.24) is 25.0 Å². The fourth-order valence-electron chi connectivity index (χ4n) is 4.07. The lowest BCUT2D eigenvalue weighted by molar-refractivity contribution is 0.208. The minimum absolute atomic E-state index is 0. The van der Waals surface area contributed by atoms with Crippen molar-refractivity contribution in [3.05, 3.63) is 48.0 Å². The Hall–Kier alpha value is -1.64. The third-order valence-corrected chi connectivity index (χ3v) is 5.32. The summed E-state index contributed by atoms with van der Waals surface area (Å²) >= 11 is 0. The Morgan fingerprint density at radius 3 is 2.59 bits per heavy atom. The van der Waals surface area contributed by atoms with Gasteiger partial charge in [0.15, 0.2) is 5.96 Å². The van der Waals surface area contributed by atoms with Crippen LogP contribution in [-0.2, 0) is 19.4 Å². The maximum atomic E-state index is 4.96. The van der Waals surface area contributed by atoms with E-state index in [-0.39, 0.29) is 24.0 Å². The van der Waals surface area contributed by atoms with Crippen LogP contribution < -0.4 is 5.32 Å². The number of aryl methyl sites for hydroxylation is 1. The number of halogens is 1. The lowest BCUT2D eigenvalue weighted by Gasteiger charge is -2.37. The molecule has 1 aliphatic heterocycles. The molecule has 1 aromatic carbocycles. The number of hydrogen-bond acceptors (Lipinski definition) is 3. The summed E-state index contributed by atoms with van der Waals surface area (Å²) in [5.74, 6) is 3.48. The van der Waals surface area contributed by atoms with Crippen molar-refractivity contribution in [3.63, 3.8) is 0 Å². The van der Waals surface area contributed by atoms with Gasteiger partial charge in [-0.2, -0.15) is 0 Å². The van der Waals surface area contributed by atoms with Crippen molar-refractivity contribution in [3.8, 4) is 0 Å². The molecule has 1 aliphatic rings. The molecule has 1 N–H and O–H groups in total. The van der Waals surface area contributed by atoms with E-state index >= 15 is 0 Å². The quantitative estimate of drug-likeness (QED) is 0.351. The highest BCUT2D eigenvalue weighted by Gasteiger charge is 2.24. The fraction of sp³-hybridized carbons (Fsp3) is 0.591. The highest BCUT2D eigenvalue weighted by Crippen LogP contribution is 2.21.